The summed E-state index contributed by atoms with van der Waals surface area (Å²) in [4.78, 5) is 11.5. The second-order valence-electron chi connectivity index (χ2n) is 4.43. The lowest BCUT2D eigenvalue weighted by Crippen LogP contribution is -2.52. The number of hydrogen-bond donors (Lipinski definition) is 1. The number of amides is 1. The van der Waals surface area contributed by atoms with Gasteiger partial charge >= 0.3 is 0 Å². The largest absolute Gasteiger partial charge is 0.381 e. The van der Waals surface area contributed by atoms with Gasteiger partial charge in [-0.3, -0.25) is 4.79 Å². The topological polar surface area (TPSA) is 70.8 Å². The molecule has 0 bridgehead atoms. The van der Waals surface area contributed by atoms with Gasteiger partial charge in [-0.05, 0) is 25.2 Å². The van der Waals surface area contributed by atoms with E-state index in [0.717, 1.165) is 32.5 Å². The second-order valence-corrected chi connectivity index (χ2v) is 4.43. The summed E-state index contributed by atoms with van der Waals surface area (Å²) >= 11 is 0. The van der Waals surface area contributed by atoms with E-state index in [-0.39, 0.29) is 0 Å². The summed E-state index contributed by atoms with van der Waals surface area (Å²) in [6.07, 6.45) is 3.28. The van der Waals surface area contributed by atoms with Gasteiger partial charge in [-0.15, -0.1) is 0 Å². The van der Waals surface area contributed by atoms with Crippen molar-refractivity contribution in [2.24, 2.45) is 11.7 Å². The van der Waals surface area contributed by atoms with E-state index in [9.17, 15) is 4.79 Å². The van der Waals surface area contributed by atoms with Crippen LogP contribution in [0.3, 0.4) is 0 Å². The van der Waals surface area contributed by atoms with E-state index in [4.69, 9.17) is 19.9 Å². The van der Waals surface area contributed by atoms with E-state index >= 15 is 0 Å². The number of hydrogen-bond acceptors (Lipinski definition) is 4. The Kier molecular flexibility index (Phi) is 3.78. The van der Waals surface area contributed by atoms with Gasteiger partial charge in [0.05, 0.1) is 13.2 Å². The molecule has 0 saturated carbocycles. The minimum absolute atomic E-state index is 0.402. The van der Waals surface area contributed by atoms with E-state index in [1.54, 1.807) is 0 Å². The summed E-state index contributed by atoms with van der Waals surface area (Å²) in [5, 5.41) is 0. The first-order valence-corrected chi connectivity index (χ1v) is 5.88. The SMILES string of the molecule is NC(=O)C1(CC2CCOCC2)OCCCO1. The summed E-state index contributed by atoms with van der Waals surface area (Å²) in [5.74, 6) is -1.28. The van der Waals surface area contributed by atoms with Gasteiger partial charge in [-0.1, -0.05) is 0 Å². The summed E-state index contributed by atoms with van der Waals surface area (Å²) in [7, 11) is 0. The lowest BCUT2D eigenvalue weighted by atomic mass is 9.91. The second kappa shape index (κ2) is 5.12. The maximum absolute atomic E-state index is 11.5. The maximum atomic E-state index is 11.5. The van der Waals surface area contributed by atoms with E-state index in [1.165, 1.54) is 0 Å². The molecule has 0 radical (unpaired) electrons. The maximum Gasteiger partial charge on any atom is 0.277 e. The van der Waals surface area contributed by atoms with Gasteiger partial charge in [-0.2, -0.15) is 0 Å². The molecule has 5 nitrogen and oxygen atoms in total. The number of carbonyl (C=O) groups is 1. The van der Waals surface area contributed by atoms with Crippen LogP contribution in [0, 0.1) is 5.92 Å². The fraction of sp³-hybridized carbons (Fsp3) is 0.909. The highest BCUT2D eigenvalue weighted by atomic mass is 16.7. The third-order valence-electron chi connectivity index (χ3n) is 3.23. The molecule has 2 heterocycles. The molecular weight excluding hydrogens is 210 g/mol. The van der Waals surface area contributed by atoms with Gasteiger partial charge in [-0.25, -0.2) is 0 Å². The van der Waals surface area contributed by atoms with Crippen molar-refractivity contribution in [1.29, 1.82) is 0 Å². The van der Waals surface area contributed by atoms with Crippen LogP contribution in [0.25, 0.3) is 0 Å². The molecular formula is C11H19NO4. The molecule has 2 saturated heterocycles. The summed E-state index contributed by atoms with van der Waals surface area (Å²) in [5.41, 5.74) is 5.40. The first kappa shape index (κ1) is 11.8. The molecule has 2 fully saturated rings. The zero-order valence-electron chi connectivity index (χ0n) is 9.44. The van der Waals surface area contributed by atoms with Crippen LogP contribution in [0.5, 0.6) is 0 Å². The molecule has 2 aliphatic heterocycles. The van der Waals surface area contributed by atoms with Gasteiger partial charge in [0, 0.05) is 19.6 Å². The molecule has 2 aliphatic rings. The first-order chi connectivity index (χ1) is 7.73. The molecule has 0 aromatic rings. The van der Waals surface area contributed by atoms with Gasteiger partial charge in [0.25, 0.3) is 5.91 Å². The lowest BCUT2D eigenvalue weighted by molar-refractivity contribution is -0.260. The van der Waals surface area contributed by atoms with Crippen molar-refractivity contribution in [2.45, 2.75) is 31.5 Å². The zero-order chi connectivity index (χ0) is 11.4. The normalized spacial score (nSPS) is 26.5. The third kappa shape index (κ3) is 2.53. The molecule has 2 N–H and O–H groups in total. The fourth-order valence-corrected chi connectivity index (χ4v) is 2.27. The number of nitrogens with two attached hydrogens (primary N) is 1. The average molecular weight is 229 g/mol. The Labute approximate surface area is 95.2 Å². The van der Waals surface area contributed by atoms with Crippen molar-refractivity contribution in [3.8, 4) is 0 Å². The van der Waals surface area contributed by atoms with Crippen LogP contribution in [0.1, 0.15) is 25.7 Å². The average Bonchev–Trinajstić information content (AvgIpc) is 2.31. The van der Waals surface area contributed by atoms with Crippen LogP contribution in [0.4, 0.5) is 0 Å². The van der Waals surface area contributed by atoms with Crippen molar-refractivity contribution in [3.63, 3.8) is 0 Å². The molecule has 0 aromatic carbocycles. The van der Waals surface area contributed by atoms with Gasteiger partial charge in [0.15, 0.2) is 0 Å². The predicted octanol–water partition coefficient (Wildman–Crippen LogP) is 0.422. The first-order valence-electron chi connectivity index (χ1n) is 5.88. The highest BCUT2D eigenvalue weighted by molar-refractivity contribution is 5.82. The number of rotatable bonds is 3. The third-order valence-corrected chi connectivity index (χ3v) is 3.23. The van der Waals surface area contributed by atoms with Crippen molar-refractivity contribution < 1.29 is 19.0 Å². The zero-order valence-corrected chi connectivity index (χ0v) is 9.44. The smallest absolute Gasteiger partial charge is 0.277 e. The van der Waals surface area contributed by atoms with E-state index in [2.05, 4.69) is 0 Å². The number of primary amides is 1. The Morgan fingerprint density at radius 1 is 1.19 bits per heavy atom. The Hall–Kier alpha value is -0.650. The molecule has 0 spiro atoms. The molecule has 0 aromatic heterocycles. The van der Waals surface area contributed by atoms with E-state index in [1.807, 2.05) is 0 Å². The molecule has 0 atom stereocenters. The van der Waals surface area contributed by atoms with Gasteiger partial charge in [0.1, 0.15) is 0 Å². The standard InChI is InChI=1S/C11H19NO4/c12-10(13)11(15-4-1-5-16-11)8-9-2-6-14-7-3-9/h9H,1-8H2,(H2,12,13). The highest BCUT2D eigenvalue weighted by Gasteiger charge is 2.43. The molecule has 16 heavy (non-hydrogen) atoms. The molecule has 1 amide bonds. The summed E-state index contributed by atoms with van der Waals surface area (Å²) in [6.45, 7) is 2.59. The quantitative estimate of drug-likeness (QED) is 0.761. The minimum atomic E-state index is -1.18. The monoisotopic (exact) mass is 229 g/mol. The Morgan fingerprint density at radius 3 is 2.38 bits per heavy atom. The molecule has 0 aliphatic carbocycles. The van der Waals surface area contributed by atoms with Crippen LogP contribution < -0.4 is 5.73 Å². The molecule has 92 valence electrons. The van der Waals surface area contributed by atoms with Crippen molar-refractivity contribution in [2.75, 3.05) is 26.4 Å². The number of carbonyl (C=O) groups excluding carboxylic acids is 1. The van der Waals surface area contributed by atoms with Crippen molar-refractivity contribution in [3.05, 3.63) is 0 Å². The van der Waals surface area contributed by atoms with Crippen LogP contribution in [-0.4, -0.2) is 38.1 Å². The highest BCUT2D eigenvalue weighted by Crippen LogP contribution is 2.31. The minimum Gasteiger partial charge on any atom is -0.381 e. The van der Waals surface area contributed by atoms with E-state index in [0.29, 0.717) is 25.6 Å². The molecule has 5 heteroatoms. The molecule has 2 rings (SSSR count). The summed E-state index contributed by atoms with van der Waals surface area (Å²) < 4.78 is 16.3. The Balaban J connectivity index is 1.98. The number of ether oxygens (including phenoxy) is 3. The van der Waals surface area contributed by atoms with Gasteiger partial charge < -0.3 is 19.9 Å². The predicted molar refractivity (Wildman–Crippen MR) is 56.6 cm³/mol. The van der Waals surface area contributed by atoms with E-state index < -0.39 is 11.7 Å². The van der Waals surface area contributed by atoms with Crippen molar-refractivity contribution >= 4 is 5.91 Å². The van der Waals surface area contributed by atoms with Gasteiger partial charge in [0.2, 0.25) is 5.79 Å². The summed E-state index contributed by atoms with van der Waals surface area (Å²) in [6, 6.07) is 0. The Bertz CT molecular complexity index is 244. The lowest BCUT2D eigenvalue weighted by Gasteiger charge is -2.37. The van der Waals surface area contributed by atoms with Crippen LogP contribution in [0.15, 0.2) is 0 Å². The van der Waals surface area contributed by atoms with Crippen molar-refractivity contribution in [1.82, 2.24) is 0 Å². The van der Waals surface area contributed by atoms with Crippen LogP contribution in [0.2, 0.25) is 0 Å². The van der Waals surface area contributed by atoms with Crippen LogP contribution in [-0.2, 0) is 19.0 Å². The fourth-order valence-electron chi connectivity index (χ4n) is 2.27. The van der Waals surface area contributed by atoms with Crippen LogP contribution >= 0.6 is 0 Å². The molecule has 0 unspecified atom stereocenters. The Morgan fingerprint density at radius 2 is 1.81 bits per heavy atom.